The zero-order chi connectivity index (χ0) is 29.4. The largest absolute Gasteiger partial charge is 0.352 e. The van der Waals surface area contributed by atoms with Crippen molar-refractivity contribution in [2.24, 2.45) is 0 Å². The summed E-state index contributed by atoms with van der Waals surface area (Å²) in [4.78, 5) is 28.3. The summed E-state index contributed by atoms with van der Waals surface area (Å²) in [6.07, 6.45) is 0.906. The number of nitrogens with one attached hydrogen (secondary N) is 1. The molecular formula is C30H35F2N3O4S. The Bertz CT molecular complexity index is 1410. The molecule has 214 valence electrons. The second kappa shape index (κ2) is 13.5. The number of halogens is 2. The number of rotatable bonds is 12. The minimum absolute atomic E-state index is 0.0821. The molecule has 0 aliphatic carbocycles. The molecule has 0 aliphatic rings. The van der Waals surface area contributed by atoms with Gasteiger partial charge in [0, 0.05) is 12.6 Å². The van der Waals surface area contributed by atoms with Crippen molar-refractivity contribution < 1.29 is 26.8 Å². The minimum atomic E-state index is -4.38. The van der Waals surface area contributed by atoms with Crippen LogP contribution in [0.4, 0.5) is 14.5 Å². The van der Waals surface area contributed by atoms with E-state index in [0.29, 0.717) is 12.0 Å². The van der Waals surface area contributed by atoms with Gasteiger partial charge in [-0.05, 0) is 68.7 Å². The third-order valence-electron chi connectivity index (χ3n) is 6.66. The molecule has 10 heteroatoms. The van der Waals surface area contributed by atoms with E-state index in [2.05, 4.69) is 5.32 Å². The van der Waals surface area contributed by atoms with Crippen LogP contribution in [-0.2, 0) is 26.2 Å². The van der Waals surface area contributed by atoms with Crippen LogP contribution < -0.4 is 9.62 Å². The summed E-state index contributed by atoms with van der Waals surface area (Å²) in [7, 11) is -4.38. The summed E-state index contributed by atoms with van der Waals surface area (Å²) in [5.74, 6) is -2.39. The van der Waals surface area contributed by atoms with Crippen LogP contribution in [-0.4, -0.2) is 43.8 Å². The Balaban J connectivity index is 2.06. The molecule has 0 spiro atoms. The quantitative estimate of drug-likeness (QED) is 0.324. The van der Waals surface area contributed by atoms with Crippen LogP contribution >= 0.6 is 0 Å². The van der Waals surface area contributed by atoms with Gasteiger partial charge in [0.05, 0.1) is 10.6 Å². The first-order chi connectivity index (χ1) is 19.0. The average Bonchev–Trinajstić information content (AvgIpc) is 2.93. The Morgan fingerprint density at radius 2 is 1.52 bits per heavy atom. The molecular weight excluding hydrogens is 536 g/mol. The molecule has 2 atom stereocenters. The van der Waals surface area contributed by atoms with E-state index in [-0.39, 0.29) is 29.6 Å². The maximum absolute atomic E-state index is 15.0. The van der Waals surface area contributed by atoms with Gasteiger partial charge in [0.2, 0.25) is 11.8 Å². The summed E-state index contributed by atoms with van der Waals surface area (Å²) in [5.41, 5.74) is 1.08. The number of anilines is 1. The number of nitrogens with zero attached hydrogens (tertiary/aromatic N) is 2. The van der Waals surface area contributed by atoms with E-state index in [4.69, 9.17) is 0 Å². The third kappa shape index (κ3) is 7.44. The third-order valence-corrected chi connectivity index (χ3v) is 8.44. The summed E-state index contributed by atoms with van der Waals surface area (Å²) in [6, 6.07) is 15.7. The molecule has 0 heterocycles. The van der Waals surface area contributed by atoms with Crippen molar-refractivity contribution in [1.29, 1.82) is 0 Å². The number of amides is 2. The second-order valence-electron chi connectivity index (χ2n) is 9.67. The second-order valence-corrected chi connectivity index (χ2v) is 11.5. The van der Waals surface area contributed by atoms with Crippen LogP contribution in [0.2, 0.25) is 0 Å². The molecule has 2 amide bonds. The predicted molar refractivity (Wildman–Crippen MR) is 151 cm³/mol. The molecule has 0 unspecified atom stereocenters. The van der Waals surface area contributed by atoms with Crippen molar-refractivity contribution in [2.45, 2.75) is 64.1 Å². The lowest BCUT2D eigenvalue weighted by atomic mass is 10.1. The van der Waals surface area contributed by atoms with Crippen LogP contribution in [0, 0.1) is 18.6 Å². The number of hydrogen-bond donors (Lipinski definition) is 1. The lowest BCUT2D eigenvalue weighted by Gasteiger charge is -2.33. The van der Waals surface area contributed by atoms with E-state index < -0.39 is 46.1 Å². The van der Waals surface area contributed by atoms with Crippen LogP contribution in [0.3, 0.4) is 0 Å². The lowest BCUT2D eigenvalue weighted by Crippen LogP contribution is -2.53. The van der Waals surface area contributed by atoms with E-state index in [1.165, 1.54) is 59.5 Å². The molecule has 0 saturated carbocycles. The average molecular weight is 572 g/mol. The fourth-order valence-electron chi connectivity index (χ4n) is 4.15. The number of para-hydroxylation sites is 1. The molecule has 40 heavy (non-hydrogen) atoms. The van der Waals surface area contributed by atoms with Crippen molar-refractivity contribution in [1.82, 2.24) is 10.2 Å². The predicted octanol–water partition coefficient (Wildman–Crippen LogP) is 5.19. The SMILES string of the molecule is CC[C@H](C(=O)N[C@@H](C)CC)N(Cc1ccc(F)cc1)C(=O)CN(c1ccccc1F)S(=O)(=O)c1ccc(C)cc1. The maximum Gasteiger partial charge on any atom is 0.264 e. The van der Waals surface area contributed by atoms with Crippen molar-refractivity contribution in [3.8, 4) is 0 Å². The highest BCUT2D eigenvalue weighted by Crippen LogP contribution is 2.27. The Morgan fingerprint density at radius 3 is 2.10 bits per heavy atom. The fourth-order valence-corrected chi connectivity index (χ4v) is 5.57. The Labute approximate surface area is 234 Å². The van der Waals surface area contributed by atoms with Gasteiger partial charge in [0.25, 0.3) is 10.0 Å². The highest BCUT2D eigenvalue weighted by Gasteiger charge is 2.34. The monoisotopic (exact) mass is 571 g/mol. The normalized spacial score (nSPS) is 12.8. The summed E-state index contributed by atoms with van der Waals surface area (Å²) in [5, 5.41) is 2.88. The standard InChI is InChI=1S/C30H35F2N3O4S/c1-5-22(4)33-30(37)27(6-2)34(19-23-13-15-24(31)16-14-23)29(36)20-35(28-10-8-7-9-26(28)32)40(38,39)25-17-11-21(3)12-18-25/h7-18,22,27H,5-6,19-20H2,1-4H3,(H,33,37)/t22-,27+/m0/s1. The first-order valence-corrected chi connectivity index (χ1v) is 14.6. The molecule has 0 aromatic heterocycles. The van der Waals surface area contributed by atoms with Gasteiger partial charge in [-0.1, -0.05) is 55.8 Å². The zero-order valence-corrected chi connectivity index (χ0v) is 23.9. The number of carbonyl (C=O) groups excluding carboxylic acids is 2. The number of carbonyl (C=O) groups is 2. The first kappa shape index (κ1) is 30.7. The number of aryl methyl sites for hydroxylation is 1. The van der Waals surface area contributed by atoms with Gasteiger partial charge in [-0.3, -0.25) is 13.9 Å². The zero-order valence-electron chi connectivity index (χ0n) is 23.1. The number of hydrogen-bond acceptors (Lipinski definition) is 4. The first-order valence-electron chi connectivity index (χ1n) is 13.2. The van der Waals surface area contributed by atoms with Crippen molar-refractivity contribution in [2.75, 3.05) is 10.8 Å². The van der Waals surface area contributed by atoms with Gasteiger partial charge in [-0.2, -0.15) is 0 Å². The number of sulfonamides is 1. The molecule has 0 radical (unpaired) electrons. The summed E-state index contributed by atoms with van der Waals surface area (Å²) < 4.78 is 56.8. The molecule has 3 aromatic carbocycles. The maximum atomic E-state index is 15.0. The van der Waals surface area contributed by atoms with Crippen molar-refractivity contribution in [3.63, 3.8) is 0 Å². The smallest absolute Gasteiger partial charge is 0.264 e. The van der Waals surface area contributed by atoms with Crippen LogP contribution in [0.15, 0.2) is 77.7 Å². The van der Waals surface area contributed by atoms with E-state index in [0.717, 1.165) is 15.9 Å². The highest BCUT2D eigenvalue weighted by molar-refractivity contribution is 7.92. The Hall–Kier alpha value is -3.79. The van der Waals surface area contributed by atoms with Crippen molar-refractivity contribution >= 4 is 27.5 Å². The molecule has 0 bridgehead atoms. The van der Waals surface area contributed by atoms with E-state index >= 15 is 0 Å². The minimum Gasteiger partial charge on any atom is -0.352 e. The molecule has 0 aliphatic heterocycles. The lowest BCUT2D eigenvalue weighted by molar-refractivity contribution is -0.140. The molecule has 0 saturated heterocycles. The Kier molecular flexibility index (Phi) is 10.4. The summed E-state index contributed by atoms with van der Waals surface area (Å²) >= 11 is 0. The fraction of sp³-hybridized carbons (Fsp3) is 0.333. The van der Waals surface area contributed by atoms with Crippen LogP contribution in [0.25, 0.3) is 0 Å². The summed E-state index contributed by atoms with van der Waals surface area (Å²) in [6.45, 7) is 6.45. The molecule has 0 fully saturated rings. The van der Waals surface area contributed by atoms with E-state index in [9.17, 15) is 26.8 Å². The molecule has 7 nitrogen and oxygen atoms in total. The molecule has 3 rings (SSSR count). The highest BCUT2D eigenvalue weighted by atomic mass is 32.2. The van der Waals surface area contributed by atoms with Crippen molar-refractivity contribution in [3.05, 3.63) is 95.6 Å². The van der Waals surface area contributed by atoms with Gasteiger partial charge in [-0.25, -0.2) is 17.2 Å². The van der Waals surface area contributed by atoms with E-state index in [1.54, 1.807) is 26.0 Å². The van der Waals surface area contributed by atoms with Gasteiger partial charge >= 0.3 is 0 Å². The number of benzene rings is 3. The molecule has 3 aromatic rings. The van der Waals surface area contributed by atoms with Gasteiger partial charge < -0.3 is 10.2 Å². The van der Waals surface area contributed by atoms with E-state index in [1.807, 2.05) is 13.8 Å². The van der Waals surface area contributed by atoms with Gasteiger partial charge in [0.1, 0.15) is 24.2 Å². The Morgan fingerprint density at radius 1 is 0.900 bits per heavy atom. The molecule has 1 N–H and O–H groups in total. The van der Waals surface area contributed by atoms with Crippen LogP contribution in [0.1, 0.15) is 44.7 Å². The van der Waals surface area contributed by atoms with Crippen LogP contribution in [0.5, 0.6) is 0 Å². The van der Waals surface area contributed by atoms with Gasteiger partial charge in [-0.15, -0.1) is 0 Å². The topological polar surface area (TPSA) is 86.8 Å². The van der Waals surface area contributed by atoms with Gasteiger partial charge in [0.15, 0.2) is 0 Å².